The Kier molecular flexibility index (Phi) is 3.64. The number of nitrogens with zero attached hydrogens (tertiary/aromatic N) is 3. The number of carbonyl (C=O) groups excluding carboxylic acids is 1. The first-order valence-electron chi connectivity index (χ1n) is 6.51. The fraction of sp³-hybridized carbons (Fsp3) is 0.143. The van der Waals surface area contributed by atoms with E-state index in [4.69, 9.17) is 4.42 Å². The van der Waals surface area contributed by atoms with E-state index in [1.807, 2.05) is 0 Å². The molecule has 3 aromatic rings. The van der Waals surface area contributed by atoms with Crippen molar-refractivity contribution in [2.24, 2.45) is 14.1 Å². The minimum atomic E-state index is -0.479. The number of hydrogen-bond acceptors (Lipinski definition) is 5. The Balaban J connectivity index is 2.05. The topological polar surface area (TPSA) is 99.1 Å². The van der Waals surface area contributed by atoms with E-state index in [0.717, 1.165) is 4.57 Å². The van der Waals surface area contributed by atoms with Gasteiger partial charge in [0, 0.05) is 14.1 Å². The van der Waals surface area contributed by atoms with Crippen LogP contribution in [0.25, 0.3) is 11.0 Å². The summed E-state index contributed by atoms with van der Waals surface area (Å²) in [4.78, 5) is 40.2. The fourth-order valence-corrected chi connectivity index (χ4v) is 2.47. The molecule has 1 amide bonds. The molecule has 0 aliphatic carbocycles. The highest BCUT2D eigenvalue weighted by atomic mass is 79.9. The van der Waals surface area contributed by atoms with E-state index in [1.165, 1.54) is 37.0 Å². The summed E-state index contributed by atoms with van der Waals surface area (Å²) in [7, 11) is 2.91. The van der Waals surface area contributed by atoms with Crippen molar-refractivity contribution < 1.29 is 9.21 Å². The molecule has 23 heavy (non-hydrogen) atoms. The van der Waals surface area contributed by atoms with Crippen molar-refractivity contribution >= 4 is 38.6 Å². The van der Waals surface area contributed by atoms with E-state index in [0.29, 0.717) is 10.4 Å². The van der Waals surface area contributed by atoms with E-state index in [1.54, 1.807) is 6.07 Å². The van der Waals surface area contributed by atoms with Gasteiger partial charge in [-0.3, -0.25) is 18.7 Å². The van der Waals surface area contributed by atoms with Crippen LogP contribution in [0.15, 0.2) is 43.1 Å². The van der Waals surface area contributed by atoms with Gasteiger partial charge in [0.15, 0.2) is 10.4 Å². The Hall–Kier alpha value is -2.68. The molecular formula is C14H11BrN4O4. The summed E-state index contributed by atoms with van der Waals surface area (Å²) in [5.41, 5.74) is -0.373. The zero-order chi connectivity index (χ0) is 16.7. The minimum Gasteiger partial charge on any atom is -0.444 e. The first-order valence-corrected chi connectivity index (χ1v) is 7.30. The average Bonchev–Trinajstić information content (AvgIpc) is 2.97. The van der Waals surface area contributed by atoms with E-state index < -0.39 is 17.2 Å². The standard InChI is InChI=1S/C14H11BrN4O4/c1-18-11-8(13(21)19(2)14(18)22)5-7(6-16-11)17-12(20)9-3-4-10(15)23-9/h3-6H,1-2H3,(H,17,20). The number of carbonyl (C=O) groups is 1. The Morgan fingerprint density at radius 2 is 2.00 bits per heavy atom. The third-order valence-electron chi connectivity index (χ3n) is 3.35. The summed E-state index contributed by atoms with van der Waals surface area (Å²) in [6.45, 7) is 0. The van der Waals surface area contributed by atoms with Crippen molar-refractivity contribution in [3.63, 3.8) is 0 Å². The summed E-state index contributed by atoms with van der Waals surface area (Å²) >= 11 is 3.12. The summed E-state index contributed by atoms with van der Waals surface area (Å²) in [5, 5.41) is 2.82. The molecule has 0 aliphatic heterocycles. The molecule has 8 nitrogen and oxygen atoms in total. The van der Waals surface area contributed by atoms with Crippen molar-refractivity contribution in [2.75, 3.05) is 5.32 Å². The number of fused-ring (bicyclic) bond motifs is 1. The fourth-order valence-electron chi connectivity index (χ4n) is 2.16. The van der Waals surface area contributed by atoms with Crippen LogP contribution in [0.3, 0.4) is 0 Å². The minimum absolute atomic E-state index is 0.116. The van der Waals surface area contributed by atoms with Crippen LogP contribution in [0.2, 0.25) is 0 Å². The van der Waals surface area contributed by atoms with Crippen LogP contribution in [0.1, 0.15) is 10.6 Å². The van der Waals surface area contributed by atoms with E-state index in [-0.39, 0.29) is 16.8 Å². The number of halogens is 1. The number of furan rings is 1. The van der Waals surface area contributed by atoms with Crippen LogP contribution >= 0.6 is 15.9 Å². The third-order valence-corrected chi connectivity index (χ3v) is 3.77. The zero-order valence-corrected chi connectivity index (χ0v) is 13.7. The molecule has 0 aliphatic rings. The maximum absolute atomic E-state index is 12.2. The number of anilines is 1. The second-order valence-electron chi connectivity index (χ2n) is 4.86. The summed E-state index contributed by atoms with van der Waals surface area (Å²) < 4.78 is 7.84. The molecule has 0 spiro atoms. The zero-order valence-electron chi connectivity index (χ0n) is 12.2. The van der Waals surface area contributed by atoms with Crippen molar-refractivity contribution in [3.05, 3.63) is 55.7 Å². The molecule has 0 radical (unpaired) electrons. The van der Waals surface area contributed by atoms with Gasteiger partial charge in [0.25, 0.3) is 11.5 Å². The maximum Gasteiger partial charge on any atom is 0.332 e. The number of amides is 1. The van der Waals surface area contributed by atoms with Crippen LogP contribution in [-0.2, 0) is 14.1 Å². The Morgan fingerprint density at radius 1 is 1.26 bits per heavy atom. The lowest BCUT2D eigenvalue weighted by molar-refractivity contribution is 0.0995. The normalized spacial score (nSPS) is 10.9. The van der Waals surface area contributed by atoms with Crippen molar-refractivity contribution in [3.8, 4) is 0 Å². The lowest BCUT2D eigenvalue weighted by atomic mass is 10.3. The van der Waals surface area contributed by atoms with Crippen LogP contribution in [0.4, 0.5) is 5.69 Å². The summed E-state index contributed by atoms with van der Waals surface area (Å²) in [5.74, 6) is -0.358. The molecule has 118 valence electrons. The number of rotatable bonds is 2. The molecule has 0 fully saturated rings. The summed E-state index contributed by atoms with van der Waals surface area (Å²) in [6, 6.07) is 4.58. The highest BCUT2D eigenvalue weighted by Crippen LogP contribution is 2.17. The van der Waals surface area contributed by atoms with E-state index in [9.17, 15) is 14.4 Å². The molecule has 0 saturated heterocycles. The highest BCUT2D eigenvalue weighted by molar-refractivity contribution is 9.10. The molecule has 1 N–H and O–H groups in total. The molecule has 0 bridgehead atoms. The molecule has 0 unspecified atom stereocenters. The average molecular weight is 379 g/mol. The van der Waals surface area contributed by atoms with Crippen LogP contribution in [-0.4, -0.2) is 20.0 Å². The van der Waals surface area contributed by atoms with Gasteiger partial charge < -0.3 is 9.73 Å². The number of aromatic nitrogens is 3. The molecule has 3 rings (SSSR count). The number of aryl methyl sites for hydroxylation is 1. The van der Waals surface area contributed by atoms with Gasteiger partial charge in [0.05, 0.1) is 17.3 Å². The molecule has 0 atom stereocenters. The van der Waals surface area contributed by atoms with Gasteiger partial charge in [-0.25, -0.2) is 9.78 Å². The van der Waals surface area contributed by atoms with Crippen molar-refractivity contribution in [1.29, 1.82) is 0 Å². The molecule has 0 saturated carbocycles. The van der Waals surface area contributed by atoms with Gasteiger partial charge >= 0.3 is 5.69 Å². The van der Waals surface area contributed by atoms with Gasteiger partial charge in [0.1, 0.15) is 5.65 Å². The number of hydrogen-bond donors (Lipinski definition) is 1. The van der Waals surface area contributed by atoms with Gasteiger partial charge in [0.2, 0.25) is 0 Å². The Bertz CT molecular complexity index is 1050. The van der Waals surface area contributed by atoms with Gasteiger partial charge in [-0.2, -0.15) is 0 Å². The first-order chi connectivity index (χ1) is 10.9. The van der Waals surface area contributed by atoms with Crippen molar-refractivity contribution in [1.82, 2.24) is 14.1 Å². The quantitative estimate of drug-likeness (QED) is 0.722. The maximum atomic E-state index is 12.2. The smallest absolute Gasteiger partial charge is 0.332 e. The second-order valence-corrected chi connectivity index (χ2v) is 5.64. The Labute approximate surface area is 137 Å². The van der Waals surface area contributed by atoms with E-state index in [2.05, 4.69) is 26.2 Å². The lowest BCUT2D eigenvalue weighted by Gasteiger charge is -2.08. The molecule has 3 heterocycles. The predicted molar refractivity (Wildman–Crippen MR) is 86.6 cm³/mol. The summed E-state index contributed by atoms with van der Waals surface area (Å²) in [6.07, 6.45) is 1.37. The van der Waals surface area contributed by atoms with E-state index >= 15 is 0 Å². The molecular weight excluding hydrogens is 368 g/mol. The first kappa shape index (κ1) is 15.2. The largest absolute Gasteiger partial charge is 0.444 e. The van der Waals surface area contributed by atoms with Crippen LogP contribution in [0.5, 0.6) is 0 Å². The van der Waals surface area contributed by atoms with Gasteiger partial charge in [-0.1, -0.05) is 0 Å². The van der Waals surface area contributed by atoms with Crippen LogP contribution < -0.4 is 16.6 Å². The molecule has 3 aromatic heterocycles. The SMILES string of the molecule is Cn1c(=O)c2cc(NC(=O)c3ccc(Br)o3)cnc2n(C)c1=O. The third kappa shape index (κ3) is 2.59. The molecule has 9 heteroatoms. The second kappa shape index (κ2) is 5.51. The lowest BCUT2D eigenvalue weighted by Crippen LogP contribution is -2.37. The number of pyridine rings is 1. The highest BCUT2D eigenvalue weighted by Gasteiger charge is 2.14. The van der Waals surface area contributed by atoms with Crippen molar-refractivity contribution in [2.45, 2.75) is 0 Å². The van der Waals surface area contributed by atoms with Crippen LogP contribution in [0, 0.1) is 0 Å². The monoisotopic (exact) mass is 378 g/mol. The molecule has 0 aromatic carbocycles. The van der Waals surface area contributed by atoms with Gasteiger partial charge in [-0.05, 0) is 34.1 Å². The van der Waals surface area contributed by atoms with Gasteiger partial charge in [-0.15, -0.1) is 0 Å². The number of nitrogens with one attached hydrogen (secondary N) is 1. The predicted octanol–water partition coefficient (Wildman–Crippen LogP) is 1.24. The Morgan fingerprint density at radius 3 is 2.65 bits per heavy atom.